The Hall–Kier alpha value is -5.38. The highest BCUT2D eigenvalue weighted by Gasteiger charge is 2.33. The molecule has 1 aliphatic rings. The van der Waals surface area contributed by atoms with Gasteiger partial charge in [0, 0.05) is 57.5 Å². The Kier molecular flexibility index (Phi) is 6.83. The molecule has 0 atom stereocenters. The molecule has 0 radical (unpaired) electrons. The number of carbonyl (C=O) groups excluding carboxylic acids is 2. The van der Waals surface area contributed by atoms with Gasteiger partial charge in [-0.2, -0.15) is 13.2 Å². The van der Waals surface area contributed by atoms with E-state index in [-0.39, 0.29) is 28.5 Å². The first-order valence-corrected chi connectivity index (χ1v) is 11.9. The van der Waals surface area contributed by atoms with E-state index in [2.05, 4.69) is 9.73 Å². The normalized spacial score (nSPS) is 13.0. The number of nitrogen functional groups attached to an aromatic ring is 1. The number of fused-ring (bicyclic) bond motifs is 2. The summed E-state index contributed by atoms with van der Waals surface area (Å²) >= 11 is 0. The molecule has 0 bridgehead atoms. The number of amides is 2. The summed E-state index contributed by atoms with van der Waals surface area (Å²) in [7, 11) is 0. The monoisotopic (exact) mass is 543 g/mol. The second-order valence-corrected chi connectivity index (χ2v) is 8.75. The predicted molar refractivity (Wildman–Crippen MR) is 147 cm³/mol. The fraction of sp³-hybridized carbons (Fsp3) is 0.0333. The minimum atomic E-state index is -4.59. The van der Waals surface area contributed by atoms with Crippen molar-refractivity contribution in [1.29, 1.82) is 0 Å². The lowest BCUT2D eigenvalue weighted by Gasteiger charge is -2.18. The molecular formula is C30H20F3N3O4. The molecule has 200 valence electrons. The average molecular weight is 544 g/mol. The molecule has 6 rings (SSSR count). The van der Waals surface area contributed by atoms with Crippen molar-refractivity contribution in [2.45, 2.75) is 6.18 Å². The molecule has 4 aromatic carbocycles. The van der Waals surface area contributed by atoms with Crippen molar-refractivity contribution in [3.8, 4) is 0 Å². The minimum absolute atomic E-state index is 0.167. The summed E-state index contributed by atoms with van der Waals surface area (Å²) in [6.45, 7) is 0. The Balaban J connectivity index is 0.000000176. The molecule has 0 fully saturated rings. The van der Waals surface area contributed by atoms with Crippen molar-refractivity contribution in [2.75, 3.05) is 16.0 Å². The summed E-state index contributed by atoms with van der Waals surface area (Å²) in [5.41, 5.74) is 5.89. The van der Waals surface area contributed by atoms with E-state index in [9.17, 15) is 27.6 Å². The summed E-state index contributed by atoms with van der Waals surface area (Å²) in [5.74, 6) is -0.622. The van der Waals surface area contributed by atoms with Gasteiger partial charge in [-0.25, -0.2) is 9.69 Å². The smallest absolute Gasteiger partial charge is 0.417 e. The van der Waals surface area contributed by atoms with Crippen molar-refractivity contribution in [1.82, 2.24) is 0 Å². The van der Waals surface area contributed by atoms with Crippen molar-refractivity contribution in [2.24, 2.45) is 0 Å². The predicted octanol–water partition coefficient (Wildman–Crippen LogP) is 6.41. The van der Waals surface area contributed by atoms with E-state index >= 15 is 0 Å². The Morgan fingerprint density at radius 3 is 2.05 bits per heavy atom. The van der Waals surface area contributed by atoms with Crippen LogP contribution in [0, 0.1) is 0 Å². The third kappa shape index (κ3) is 5.28. The van der Waals surface area contributed by atoms with Gasteiger partial charge in [0.25, 0.3) is 11.8 Å². The number of carbonyl (C=O) groups is 2. The van der Waals surface area contributed by atoms with Crippen LogP contribution in [-0.2, 0) is 15.8 Å². The highest BCUT2D eigenvalue weighted by molar-refractivity contribution is 6.30. The number of hydrogen-bond acceptors (Lipinski definition) is 6. The summed E-state index contributed by atoms with van der Waals surface area (Å²) in [6, 6.07) is 25.4. The first-order valence-electron chi connectivity index (χ1n) is 11.9. The highest BCUT2D eigenvalue weighted by Crippen LogP contribution is 2.36. The second kappa shape index (κ2) is 10.4. The number of nitrogens with two attached hydrogens (primary N) is 1. The van der Waals surface area contributed by atoms with E-state index < -0.39 is 17.4 Å². The van der Waals surface area contributed by atoms with Crippen LogP contribution < -0.4 is 21.6 Å². The maximum absolute atomic E-state index is 12.6. The molecule has 0 aliphatic carbocycles. The SMILES string of the molecule is Nc1ccc2c(C(F)(F)F)cc(=O)oc2c1.O=C1C=CC(=O)N1c1ccc(Nc2ccccc2)c2ccccc12. The molecule has 0 unspecified atom stereocenters. The quantitative estimate of drug-likeness (QED) is 0.155. The zero-order chi connectivity index (χ0) is 28.4. The molecule has 1 aliphatic heterocycles. The summed E-state index contributed by atoms with van der Waals surface area (Å²) in [4.78, 5) is 36.2. The lowest BCUT2D eigenvalue weighted by atomic mass is 10.1. The summed E-state index contributed by atoms with van der Waals surface area (Å²) in [5, 5.41) is 5.00. The van der Waals surface area contributed by atoms with Crippen LogP contribution >= 0.6 is 0 Å². The standard InChI is InChI=1S/C20H14N2O2.C10H6F3NO2/c23-19-12-13-20(24)22(19)18-11-10-17(15-8-4-5-9-16(15)18)21-14-6-2-1-3-7-14;11-10(12,13)7-4-9(15)16-8-3-5(14)1-2-6(7)8/h1-13,21H;1-4H,14H2. The first kappa shape index (κ1) is 26.2. The van der Waals surface area contributed by atoms with Gasteiger partial charge in [-0.3, -0.25) is 9.59 Å². The molecule has 7 nitrogen and oxygen atoms in total. The number of alkyl halides is 3. The van der Waals surface area contributed by atoms with Gasteiger partial charge in [0.15, 0.2) is 0 Å². The van der Waals surface area contributed by atoms with Gasteiger partial charge in [0.05, 0.1) is 11.3 Å². The minimum Gasteiger partial charge on any atom is -0.423 e. The van der Waals surface area contributed by atoms with E-state index in [4.69, 9.17) is 5.73 Å². The Morgan fingerprint density at radius 1 is 0.725 bits per heavy atom. The van der Waals surface area contributed by atoms with E-state index in [1.54, 1.807) is 6.07 Å². The molecular weight excluding hydrogens is 523 g/mol. The van der Waals surface area contributed by atoms with Gasteiger partial charge < -0.3 is 15.5 Å². The summed E-state index contributed by atoms with van der Waals surface area (Å²) < 4.78 is 42.4. The van der Waals surface area contributed by atoms with Gasteiger partial charge in [-0.1, -0.05) is 42.5 Å². The van der Waals surface area contributed by atoms with Crippen molar-refractivity contribution < 1.29 is 27.2 Å². The fourth-order valence-corrected chi connectivity index (χ4v) is 4.32. The number of halogens is 3. The van der Waals surface area contributed by atoms with Crippen LogP contribution in [-0.4, -0.2) is 11.8 Å². The molecule has 0 saturated heterocycles. The van der Waals surface area contributed by atoms with Crippen LogP contribution in [0.1, 0.15) is 5.56 Å². The number of rotatable bonds is 3. The number of hydrogen-bond donors (Lipinski definition) is 2. The lowest BCUT2D eigenvalue weighted by Crippen LogP contribution is -2.29. The van der Waals surface area contributed by atoms with E-state index in [1.165, 1.54) is 35.3 Å². The Morgan fingerprint density at radius 2 is 1.38 bits per heavy atom. The van der Waals surface area contributed by atoms with E-state index in [0.29, 0.717) is 11.8 Å². The Labute approximate surface area is 224 Å². The molecule has 0 spiro atoms. The van der Waals surface area contributed by atoms with Gasteiger partial charge in [-0.15, -0.1) is 0 Å². The van der Waals surface area contributed by atoms with Gasteiger partial charge in [-0.05, 0) is 36.4 Å². The lowest BCUT2D eigenvalue weighted by molar-refractivity contribution is -0.136. The second-order valence-electron chi connectivity index (χ2n) is 8.75. The van der Waals surface area contributed by atoms with Crippen LogP contribution in [0.2, 0.25) is 0 Å². The number of nitrogens with one attached hydrogen (secondary N) is 1. The van der Waals surface area contributed by atoms with Crippen molar-refractivity contribution in [3.63, 3.8) is 0 Å². The average Bonchev–Trinajstić information content (AvgIpc) is 3.26. The number of nitrogens with zero attached hydrogens (tertiary/aromatic N) is 1. The van der Waals surface area contributed by atoms with Crippen LogP contribution in [0.15, 0.2) is 112 Å². The maximum Gasteiger partial charge on any atom is 0.417 e. The largest absolute Gasteiger partial charge is 0.423 e. The Bertz CT molecular complexity index is 1830. The number of anilines is 4. The van der Waals surface area contributed by atoms with Gasteiger partial charge in [0.1, 0.15) is 5.58 Å². The van der Waals surface area contributed by atoms with Gasteiger partial charge in [0.2, 0.25) is 0 Å². The highest BCUT2D eigenvalue weighted by atomic mass is 19.4. The zero-order valence-electron chi connectivity index (χ0n) is 20.6. The topological polar surface area (TPSA) is 106 Å². The molecule has 10 heteroatoms. The van der Waals surface area contributed by atoms with E-state index in [0.717, 1.165) is 22.1 Å². The van der Waals surface area contributed by atoms with Crippen molar-refractivity contribution >= 4 is 56.3 Å². The number of benzene rings is 4. The molecule has 3 N–H and O–H groups in total. The molecule has 5 aromatic rings. The summed E-state index contributed by atoms with van der Waals surface area (Å²) in [6.07, 6.45) is -2.00. The maximum atomic E-state index is 12.6. The number of para-hydroxylation sites is 1. The van der Waals surface area contributed by atoms with E-state index in [1.807, 2.05) is 60.7 Å². The molecule has 0 saturated carbocycles. The molecule has 2 amide bonds. The van der Waals surface area contributed by atoms with Gasteiger partial charge >= 0.3 is 11.8 Å². The molecule has 2 heterocycles. The fourth-order valence-electron chi connectivity index (χ4n) is 4.32. The third-order valence-corrected chi connectivity index (χ3v) is 6.08. The zero-order valence-corrected chi connectivity index (χ0v) is 20.6. The molecule has 1 aromatic heterocycles. The van der Waals surface area contributed by atoms with Crippen LogP contribution in [0.25, 0.3) is 21.7 Å². The number of imide groups is 1. The van der Waals surface area contributed by atoms with Crippen LogP contribution in [0.5, 0.6) is 0 Å². The van der Waals surface area contributed by atoms with Crippen LogP contribution in [0.3, 0.4) is 0 Å². The van der Waals surface area contributed by atoms with Crippen molar-refractivity contribution in [3.05, 3.63) is 119 Å². The van der Waals surface area contributed by atoms with Crippen LogP contribution in [0.4, 0.5) is 35.9 Å². The third-order valence-electron chi connectivity index (χ3n) is 6.08. The molecule has 40 heavy (non-hydrogen) atoms. The first-order chi connectivity index (χ1) is 19.1.